The van der Waals surface area contributed by atoms with Crippen molar-refractivity contribution in [2.24, 2.45) is 0 Å². The van der Waals surface area contributed by atoms with Crippen molar-refractivity contribution in [2.75, 3.05) is 33.3 Å². The minimum absolute atomic E-state index is 0.0166. The van der Waals surface area contributed by atoms with Gasteiger partial charge in [0.2, 0.25) is 5.91 Å². The molecule has 154 valence electrons. The molecule has 2 saturated heterocycles. The molecule has 3 rings (SSSR count). The average molecular weight is 389 g/mol. The van der Waals surface area contributed by atoms with E-state index in [9.17, 15) is 9.59 Å². The fraction of sp³-hybridized carbons (Fsp3) is 0.636. The summed E-state index contributed by atoms with van der Waals surface area (Å²) in [6, 6.07) is 5.47. The van der Waals surface area contributed by atoms with E-state index in [1.54, 1.807) is 20.1 Å². The normalized spacial score (nSPS) is 18.9. The zero-order valence-electron chi connectivity index (χ0n) is 17.1. The summed E-state index contributed by atoms with van der Waals surface area (Å²) < 4.78 is 11.6. The molecule has 1 aromatic rings. The van der Waals surface area contributed by atoms with Crippen LogP contribution in [-0.2, 0) is 4.79 Å². The van der Waals surface area contributed by atoms with Crippen molar-refractivity contribution in [2.45, 2.75) is 58.0 Å². The Balaban J connectivity index is 1.74. The first kappa shape index (κ1) is 20.5. The van der Waals surface area contributed by atoms with E-state index >= 15 is 0 Å². The number of methoxy groups -OCH3 is 1. The number of carbonyl (C=O) groups excluding carboxylic acids is 2. The Labute approximate surface area is 167 Å². The van der Waals surface area contributed by atoms with Gasteiger partial charge in [0.05, 0.1) is 12.7 Å². The van der Waals surface area contributed by atoms with E-state index in [4.69, 9.17) is 9.47 Å². The summed E-state index contributed by atoms with van der Waals surface area (Å²) >= 11 is 0. The summed E-state index contributed by atoms with van der Waals surface area (Å²) in [7, 11) is 1.61. The third kappa shape index (κ3) is 5.18. The van der Waals surface area contributed by atoms with Gasteiger partial charge in [-0.3, -0.25) is 9.59 Å². The van der Waals surface area contributed by atoms with Gasteiger partial charge in [0.1, 0.15) is 17.6 Å². The molecule has 0 bridgehead atoms. The zero-order chi connectivity index (χ0) is 19.9. The minimum atomic E-state index is 0.0166. The molecule has 6 heteroatoms. The second kappa shape index (κ2) is 9.80. The van der Waals surface area contributed by atoms with Crippen LogP contribution in [0.5, 0.6) is 11.5 Å². The number of ether oxygens (including phenoxy) is 2. The molecular weight excluding hydrogens is 356 g/mol. The molecular formula is C22H32N2O4. The third-order valence-corrected chi connectivity index (χ3v) is 5.74. The highest BCUT2D eigenvalue weighted by atomic mass is 16.5. The maximum absolute atomic E-state index is 13.3. The van der Waals surface area contributed by atoms with Crippen LogP contribution in [0.4, 0.5) is 0 Å². The Morgan fingerprint density at radius 3 is 2.18 bits per heavy atom. The maximum atomic E-state index is 13.3. The van der Waals surface area contributed by atoms with Crippen LogP contribution in [0.2, 0.25) is 0 Å². The smallest absolute Gasteiger partial charge is 0.257 e. The van der Waals surface area contributed by atoms with E-state index in [1.807, 2.05) is 21.9 Å². The molecule has 0 saturated carbocycles. The predicted molar refractivity (Wildman–Crippen MR) is 108 cm³/mol. The van der Waals surface area contributed by atoms with E-state index in [0.29, 0.717) is 30.2 Å². The fourth-order valence-electron chi connectivity index (χ4n) is 3.99. The van der Waals surface area contributed by atoms with E-state index in [0.717, 1.165) is 38.8 Å². The maximum Gasteiger partial charge on any atom is 0.257 e. The minimum Gasteiger partial charge on any atom is -0.497 e. The van der Waals surface area contributed by atoms with E-state index in [-0.39, 0.29) is 17.9 Å². The first-order chi connectivity index (χ1) is 13.6. The molecule has 0 aliphatic carbocycles. The number of hydrogen-bond acceptors (Lipinski definition) is 4. The lowest BCUT2D eigenvalue weighted by Gasteiger charge is -2.32. The standard InChI is InChI=1S/C22H32N2O4/c1-17(25)23-14-10-18(11-15-23)28-21-9-8-19(27-2)16-20(21)22(26)24-12-6-4-3-5-7-13-24/h8-9,16,18H,3-7,10-15H2,1-2H3. The van der Waals surface area contributed by atoms with E-state index in [1.165, 1.54) is 19.3 Å². The first-order valence-corrected chi connectivity index (χ1v) is 10.5. The van der Waals surface area contributed by atoms with Gasteiger partial charge >= 0.3 is 0 Å². The van der Waals surface area contributed by atoms with Crippen molar-refractivity contribution >= 4 is 11.8 Å². The molecule has 28 heavy (non-hydrogen) atoms. The van der Waals surface area contributed by atoms with Crippen molar-refractivity contribution in [1.82, 2.24) is 9.80 Å². The van der Waals surface area contributed by atoms with Gasteiger partial charge in [-0.25, -0.2) is 0 Å². The molecule has 2 heterocycles. The van der Waals surface area contributed by atoms with Gasteiger partial charge < -0.3 is 19.3 Å². The van der Waals surface area contributed by atoms with Crippen molar-refractivity contribution in [3.63, 3.8) is 0 Å². The highest BCUT2D eigenvalue weighted by Gasteiger charge is 2.26. The SMILES string of the molecule is COc1ccc(OC2CCN(C(C)=O)CC2)c(C(=O)N2CCCCCCC2)c1. The molecule has 6 nitrogen and oxygen atoms in total. The Kier molecular flexibility index (Phi) is 7.18. The molecule has 0 spiro atoms. The summed E-state index contributed by atoms with van der Waals surface area (Å²) in [6.07, 6.45) is 7.30. The Hall–Kier alpha value is -2.24. The molecule has 2 fully saturated rings. The Morgan fingerprint density at radius 2 is 1.57 bits per heavy atom. The predicted octanol–water partition coefficient (Wildman–Crippen LogP) is 3.49. The Morgan fingerprint density at radius 1 is 0.929 bits per heavy atom. The van der Waals surface area contributed by atoms with Crippen molar-refractivity contribution in [3.05, 3.63) is 23.8 Å². The highest BCUT2D eigenvalue weighted by molar-refractivity contribution is 5.97. The van der Waals surface area contributed by atoms with Crippen LogP contribution < -0.4 is 9.47 Å². The molecule has 0 radical (unpaired) electrons. The second-order valence-corrected chi connectivity index (χ2v) is 7.75. The average Bonchev–Trinajstić information content (AvgIpc) is 2.68. The number of nitrogens with zero attached hydrogens (tertiary/aromatic N) is 2. The summed E-state index contributed by atoms with van der Waals surface area (Å²) in [5.41, 5.74) is 0.578. The number of carbonyl (C=O) groups is 2. The number of amides is 2. The van der Waals surface area contributed by atoms with E-state index in [2.05, 4.69) is 0 Å². The summed E-state index contributed by atoms with van der Waals surface area (Å²) in [4.78, 5) is 28.6. The summed E-state index contributed by atoms with van der Waals surface area (Å²) in [5, 5.41) is 0. The van der Waals surface area contributed by atoms with Gasteiger partial charge in [-0.2, -0.15) is 0 Å². The quantitative estimate of drug-likeness (QED) is 0.792. The summed E-state index contributed by atoms with van der Waals surface area (Å²) in [6.45, 7) is 4.60. The molecule has 1 aromatic carbocycles. The summed E-state index contributed by atoms with van der Waals surface area (Å²) in [5.74, 6) is 1.41. The van der Waals surface area contributed by atoms with Crippen LogP contribution in [0.1, 0.15) is 62.2 Å². The van der Waals surface area contributed by atoms with Gasteiger partial charge in [-0.15, -0.1) is 0 Å². The van der Waals surface area contributed by atoms with E-state index < -0.39 is 0 Å². The topological polar surface area (TPSA) is 59.1 Å². The zero-order valence-corrected chi connectivity index (χ0v) is 17.1. The highest BCUT2D eigenvalue weighted by Crippen LogP contribution is 2.29. The monoisotopic (exact) mass is 388 g/mol. The lowest BCUT2D eigenvalue weighted by atomic mass is 10.1. The van der Waals surface area contributed by atoms with Gasteiger partial charge in [-0.1, -0.05) is 19.3 Å². The number of likely N-dealkylation sites (tertiary alicyclic amines) is 2. The van der Waals surface area contributed by atoms with Crippen molar-refractivity contribution in [1.29, 1.82) is 0 Å². The van der Waals surface area contributed by atoms with Gasteiger partial charge in [0.15, 0.2) is 0 Å². The van der Waals surface area contributed by atoms with Crippen LogP contribution in [0.25, 0.3) is 0 Å². The van der Waals surface area contributed by atoms with Gasteiger partial charge in [0.25, 0.3) is 5.91 Å². The lowest BCUT2D eigenvalue weighted by Crippen LogP contribution is -2.41. The fourth-order valence-corrected chi connectivity index (χ4v) is 3.99. The lowest BCUT2D eigenvalue weighted by molar-refractivity contribution is -0.130. The van der Waals surface area contributed by atoms with Crippen LogP contribution in [-0.4, -0.2) is 61.0 Å². The van der Waals surface area contributed by atoms with Crippen LogP contribution >= 0.6 is 0 Å². The third-order valence-electron chi connectivity index (χ3n) is 5.74. The van der Waals surface area contributed by atoms with Gasteiger partial charge in [0, 0.05) is 45.9 Å². The van der Waals surface area contributed by atoms with Crippen LogP contribution in [0.15, 0.2) is 18.2 Å². The number of piperidine rings is 1. The molecule has 0 atom stereocenters. The van der Waals surface area contributed by atoms with Crippen molar-refractivity contribution < 1.29 is 19.1 Å². The number of benzene rings is 1. The first-order valence-electron chi connectivity index (χ1n) is 10.5. The number of rotatable bonds is 4. The molecule has 0 aromatic heterocycles. The number of hydrogen-bond donors (Lipinski definition) is 0. The molecule has 2 aliphatic rings. The van der Waals surface area contributed by atoms with Crippen LogP contribution in [0, 0.1) is 0 Å². The largest absolute Gasteiger partial charge is 0.497 e. The van der Waals surface area contributed by atoms with Crippen LogP contribution in [0.3, 0.4) is 0 Å². The Bertz CT molecular complexity index is 675. The molecule has 2 amide bonds. The second-order valence-electron chi connectivity index (χ2n) is 7.75. The molecule has 2 aliphatic heterocycles. The molecule has 0 unspecified atom stereocenters. The van der Waals surface area contributed by atoms with Crippen molar-refractivity contribution in [3.8, 4) is 11.5 Å². The molecule has 0 N–H and O–H groups in total. The van der Waals surface area contributed by atoms with Gasteiger partial charge in [-0.05, 0) is 31.0 Å².